The first kappa shape index (κ1) is 15.7. The number of aliphatic carboxylic acids is 1. The molecule has 2 aromatic carbocycles. The van der Waals surface area contributed by atoms with E-state index < -0.39 is 12.6 Å². The van der Waals surface area contributed by atoms with Crippen LogP contribution in [0.2, 0.25) is 0 Å². The van der Waals surface area contributed by atoms with Crippen LogP contribution in [0.15, 0.2) is 48.5 Å². The van der Waals surface area contributed by atoms with Gasteiger partial charge in [-0.3, -0.25) is 4.79 Å². The van der Waals surface area contributed by atoms with Crippen LogP contribution in [0.5, 0.6) is 5.75 Å². The fourth-order valence-corrected chi connectivity index (χ4v) is 3.98. The highest BCUT2D eigenvalue weighted by molar-refractivity contribution is 5.96. The Balaban J connectivity index is 1.44. The minimum absolute atomic E-state index is 0.000237. The smallest absolute Gasteiger partial charge is 0.341 e. The second-order valence-corrected chi connectivity index (χ2v) is 6.77. The number of hydrogen-bond acceptors (Lipinski definition) is 3. The summed E-state index contributed by atoms with van der Waals surface area (Å²) in [5, 5.41) is 11.6. The third kappa shape index (κ3) is 2.86. The minimum atomic E-state index is -1.03. The number of carboxylic acids is 1. The molecule has 1 saturated carbocycles. The Hall–Kier alpha value is -2.82. The Bertz CT molecular complexity index is 847. The second-order valence-electron chi connectivity index (χ2n) is 6.77. The summed E-state index contributed by atoms with van der Waals surface area (Å²) in [4.78, 5) is 23.3. The van der Waals surface area contributed by atoms with Crippen molar-refractivity contribution in [3.63, 3.8) is 0 Å². The van der Waals surface area contributed by atoms with Gasteiger partial charge < -0.3 is 15.2 Å². The minimum Gasteiger partial charge on any atom is -0.482 e. The zero-order chi connectivity index (χ0) is 17.4. The summed E-state index contributed by atoms with van der Waals surface area (Å²) in [6.07, 6.45) is 2.97. The molecule has 0 bridgehead atoms. The molecule has 1 amide bonds. The molecule has 1 fully saturated rings. The van der Waals surface area contributed by atoms with Gasteiger partial charge in [-0.15, -0.1) is 0 Å². The lowest BCUT2D eigenvalue weighted by Crippen LogP contribution is -2.19. The standard InChI is InChI=1S/C20H19NO4/c22-18(23)12-25-15-6-3-5-14(10-15)21-19(24)17-11-20(17)9-8-13-4-1-2-7-16(13)20/h1-7,10,17H,8-9,11-12H2,(H,21,24)(H,22,23). The number of carboxylic acid groups (broad SMARTS) is 1. The molecule has 4 rings (SSSR count). The number of nitrogens with one attached hydrogen (secondary N) is 1. The lowest BCUT2D eigenvalue weighted by molar-refractivity contribution is -0.139. The molecule has 5 nitrogen and oxygen atoms in total. The lowest BCUT2D eigenvalue weighted by atomic mass is 9.95. The van der Waals surface area contributed by atoms with Crippen LogP contribution in [0.3, 0.4) is 0 Å². The topological polar surface area (TPSA) is 75.6 Å². The van der Waals surface area contributed by atoms with Gasteiger partial charge in [0.05, 0.1) is 0 Å². The van der Waals surface area contributed by atoms with Gasteiger partial charge in [0.2, 0.25) is 5.91 Å². The zero-order valence-corrected chi connectivity index (χ0v) is 13.7. The maximum atomic E-state index is 12.7. The summed E-state index contributed by atoms with van der Waals surface area (Å²) >= 11 is 0. The van der Waals surface area contributed by atoms with E-state index >= 15 is 0 Å². The highest BCUT2D eigenvalue weighted by Gasteiger charge is 2.61. The highest BCUT2D eigenvalue weighted by Crippen LogP contribution is 2.61. The van der Waals surface area contributed by atoms with Crippen molar-refractivity contribution >= 4 is 17.6 Å². The van der Waals surface area contributed by atoms with Crippen molar-refractivity contribution in [1.82, 2.24) is 0 Å². The van der Waals surface area contributed by atoms with Crippen molar-refractivity contribution in [2.45, 2.75) is 24.7 Å². The van der Waals surface area contributed by atoms with Crippen LogP contribution in [0.1, 0.15) is 24.0 Å². The number of amides is 1. The van der Waals surface area contributed by atoms with Crippen LogP contribution < -0.4 is 10.1 Å². The summed E-state index contributed by atoms with van der Waals surface area (Å²) < 4.78 is 5.15. The Morgan fingerprint density at radius 3 is 2.88 bits per heavy atom. The van der Waals surface area contributed by atoms with Gasteiger partial charge in [-0.25, -0.2) is 4.79 Å². The summed E-state index contributed by atoms with van der Waals surface area (Å²) in [5.74, 6) is -0.585. The van der Waals surface area contributed by atoms with Crippen LogP contribution in [0.25, 0.3) is 0 Å². The van der Waals surface area contributed by atoms with E-state index in [9.17, 15) is 9.59 Å². The number of carbonyl (C=O) groups is 2. The van der Waals surface area contributed by atoms with Gasteiger partial charge in [0.25, 0.3) is 0 Å². The number of fused-ring (bicyclic) bond motifs is 2. The number of rotatable bonds is 5. The number of anilines is 1. The van der Waals surface area contributed by atoms with Gasteiger partial charge in [-0.2, -0.15) is 0 Å². The first-order valence-electron chi connectivity index (χ1n) is 8.42. The third-order valence-electron chi connectivity index (χ3n) is 5.25. The van der Waals surface area contributed by atoms with E-state index in [1.54, 1.807) is 24.3 Å². The van der Waals surface area contributed by atoms with Crippen molar-refractivity contribution in [3.8, 4) is 5.75 Å². The van der Waals surface area contributed by atoms with Gasteiger partial charge in [0.1, 0.15) is 5.75 Å². The molecule has 25 heavy (non-hydrogen) atoms. The van der Waals surface area contributed by atoms with Crippen LogP contribution in [-0.2, 0) is 21.4 Å². The first-order valence-corrected chi connectivity index (χ1v) is 8.42. The van der Waals surface area contributed by atoms with Crippen LogP contribution >= 0.6 is 0 Å². The van der Waals surface area contributed by atoms with Crippen LogP contribution in [-0.4, -0.2) is 23.6 Å². The quantitative estimate of drug-likeness (QED) is 0.879. The van der Waals surface area contributed by atoms with Crippen molar-refractivity contribution in [3.05, 3.63) is 59.7 Å². The molecule has 5 heteroatoms. The molecule has 0 aliphatic heterocycles. The fraction of sp³-hybridized carbons (Fsp3) is 0.300. The molecule has 2 aliphatic rings. The number of benzene rings is 2. The number of hydrogen-bond donors (Lipinski definition) is 2. The number of aryl methyl sites for hydroxylation is 1. The van der Waals surface area contributed by atoms with E-state index in [0.29, 0.717) is 11.4 Å². The first-order chi connectivity index (χ1) is 12.1. The van der Waals surface area contributed by atoms with Crippen LogP contribution in [0, 0.1) is 5.92 Å². The predicted octanol–water partition coefficient (Wildman–Crippen LogP) is 2.99. The van der Waals surface area contributed by atoms with Crippen molar-refractivity contribution in [2.75, 3.05) is 11.9 Å². The van der Waals surface area contributed by atoms with Gasteiger partial charge in [0, 0.05) is 23.1 Å². The van der Waals surface area contributed by atoms with E-state index in [-0.39, 0.29) is 17.2 Å². The monoisotopic (exact) mass is 337 g/mol. The lowest BCUT2D eigenvalue weighted by Gasteiger charge is -2.12. The molecule has 2 N–H and O–H groups in total. The van der Waals surface area contributed by atoms with E-state index in [0.717, 1.165) is 19.3 Å². The van der Waals surface area contributed by atoms with E-state index in [1.165, 1.54) is 11.1 Å². The van der Waals surface area contributed by atoms with Gasteiger partial charge >= 0.3 is 5.97 Å². The van der Waals surface area contributed by atoms with Crippen molar-refractivity contribution < 1.29 is 19.4 Å². The molecular formula is C20H19NO4. The van der Waals surface area contributed by atoms with Crippen molar-refractivity contribution in [2.24, 2.45) is 5.92 Å². The summed E-state index contributed by atoms with van der Waals surface area (Å²) in [5.41, 5.74) is 3.33. The SMILES string of the molecule is O=C(O)COc1cccc(NC(=O)C2CC23CCc2ccccc23)c1. The Morgan fingerprint density at radius 2 is 2.04 bits per heavy atom. The Morgan fingerprint density at radius 1 is 1.20 bits per heavy atom. The third-order valence-corrected chi connectivity index (χ3v) is 5.25. The largest absolute Gasteiger partial charge is 0.482 e. The summed E-state index contributed by atoms with van der Waals surface area (Å²) in [6, 6.07) is 15.2. The molecule has 1 spiro atoms. The Labute approximate surface area is 145 Å². The number of carbonyl (C=O) groups excluding carboxylic acids is 1. The predicted molar refractivity (Wildman–Crippen MR) is 92.8 cm³/mol. The molecule has 2 aliphatic carbocycles. The Kier molecular flexibility index (Phi) is 3.71. The number of ether oxygens (including phenoxy) is 1. The molecule has 2 unspecified atom stereocenters. The van der Waals surface area contributed by atoms with Crippen molar-refractivity contribution in [1.29, 1.82) is 0 Å². The second kappa shape index (κ2) is 5.92. The molecule has 2 atom stereocenters. The maximum absolute atomic E-state index is 12.7. The normalized spacial score (nSPS) is 23.1. The van der Waals surface area contributed by atoms with Gasteiger partial charge in [-0.1, -0.05) is 30.3 Å². The summed E-state index contributed by atoms with van der Waals surface area (Å²) in [7, 11) is 0. The molecule has 0 heterocycles. The molecule has 2 aromatic rings. The average molecular weight is 337 g/mol. The van der Waals surface area contributed by atoms with E-state index in [4.69, 9.17) is 9.84 Å². The van der Waals surface area contributed by atoms with Gasteiger partial charge in [0.15, 0.2) is 6.61 Å². The van der Waals surface area contributed by atoms with Crippen LogP contribution in [0.4, 0.5) is 5.69 Å². The molecule has 0 radical (unpaired) electrons. The molecule has 0 aromatic heterocycles. The van der Waals surface area contributed by atoms with E-state index in [2.05, 4.69) is 23.5 Å². The van der Waals surface area contributed by atoms with E-state index in [1.807, 2.05) is 6.07 Å². The average Bonchev–Trinajstić information content (AvgIpc) is 3.23. The summed E-state index contributed by atoms with van der Waals surface area (Å²) in [6.45, 7) is -0.403. The maximum Gasteiger partial charge on any atom is 0.341 e. The van der Waals surface area contributed by atoms with Gasteiger partial charge in [-0.05, 0) is 42.5 Å². The molecule has 0 saturated heterocycles. The molecular weight excluding hydrogens is 318 g/mol. The zero-order valence-electron chi connectivity index (χ0n) is 13.7. The molecule has 128 valence electrons. The highest BCUT2D eigenvalue weighted by atomic mass is 16.5. The fourth-order valence-electron chi connectivity index (χ4n) is 3.98.